The fraction of sp³-hybridized carbons (Fsp3) is 0.654. The number of β-amino-alcohol motifs (C(OH)–C–C–N with tert-alkyl or cyclic N) is 1. The summed E-state index contributed by atoms with van der Waals surface area (Å²) in [6, 6.07) is 2.88. The van der Waals surface area contributed by atoms with Crippen LogP contribution < -0.4 is 4.74 Å². The van der Waals surface area contributed by atoms with Crippen LogP contribution in [0.5, 0.6) is 5.75 Å². The lowest BCUT2D eigenvalue weighted by atomic mass is 10.1. The van der Waals surface area contributed by atoms with E-state index < -0.39 is 35.6 Å². The zero-order chi connectivity index (χ0) is 27.2. The lowest BCUT2D eigenvalue weighted by Gasteiger charge is -2.26. The number of hydrogen-bond donors (Lipinski definition) is 1. The molecule has 11 heteroatoms. The summed E-state index contributed by atoms with van der Waals surface area (Å²) in [7, 11) is 0. The minimum Gasteiger partial charge on any atom is -0.493 e. The Morgan fingerprint density at radius 1 is 1.16 bits per heavy atom. The van der Waals surface area contributed by atoms with Crippen molar-refractivity contribution in [2.75, 3.05) is 13.2 Å². The van der Waals surface area contributed by atoms with Gasteiger partial charge in [-0.3, -0.25) is 4.90 Å². The van der Waals surface area contributed by atoms with Gasteiger partial charge in [0.25, 0.3) is 0 Å². The van der Waals surface area contributed by atoms with Crippen molar-refractivity contribution < 1.29 is 37.1 Å². The molecule has 8 nitrogen and oxygen atoms in total. The van der Waals surface area contributed by atoms with Gasteiger partial charge in [-0.2, -0.15) is 18.2 Å². The van der Waals surface area contributed by atoms with Gasteiger partial charge in [0.15, 0.2) is 0 Å². The number of aliphatic hydroxyl groups excluding tert-OH is 1. The second-order valence-electron chi connectivity index (χ2n) is 10.3. The molecule has 1 aliphatic heterocycles. The summed E-state index contributed by atoms with van der Waals surface area (Å²) in [6.07, 6.45) is 0.0324. The van der Waals surface area contributed by atoms with Gasteiger partial charge in [0, 0.05) is 12.0 Å². The van der Waals surface area contributed by atoms with E-state index in [1.165, 1.54) is 17.0 Å². The molecule has 3 rings (SSSR count). The number of amides is 1. The Balaban J connectivity index is 1.74. The molecule has 1 aliphatic rings. The van der Waals surface area contributed by atoms with Crippen molar-refractivity contribution in [2.24, 2.45) is 0 Å². The highest BCUT2D eigenvalue weighted by Crippen LogP contribution is 2.39. The summed E-state index contributed by atoms with van der Waals surface area (Å²) in [5, 5.41) is 14.0. The van der Waals surface area contributed by atoms with E-state index in [9.17, 15) is 23.1 Å². The standard InChI is InChI=1S/C26H36F3N3O5/c1-5-6-7-8-9-10-13-35-21-12-11-17(14-19(21)26(27,28)29)22-30-23(37-31-22)20-15-18(33)16-32(20)24(34)36-25(2,3)4/h11-12,14,18,20,33H,5-10,13,15-16H2,1-4H3/t18-,20-/m0/s1. The number of aliphatic hydroxyl groups is 1. The van der Waals surface area contributed by atoms with Crippen LogP contribution in [0.15, 0.2) is 22.7 Å². The number of nitrogens with zero attached hydrogens (tertiary/aromatic N) is 3. The van der Waals surface area contributed by atoms with Gasteiger partial charge in [0.1, 0.15) is 17.4 Å². The number of likely N-dealkylation sites (tertiary alicyclic amines) is 1. The van der Waals surface area contributed by atoms with Crippen LogP contribution >= 0.6 is 0 Å². The average molecular weight is 528 g/mol. The molecule has 1 saturated heterocycles. The fourth-order valence-electron chi connectivity index (χ4n) is 4.14. The quantitative estimate of drug-likeness (QED) is 0.351. The van der Waals surface area contributed by atoms with Crippen LogP contribution in [0.2, 0.25) is 0 Å². The Morgan fingerprint density at radius 3 is 2.54 bits per heavy atom. The number of carbonyl (C=O) groups is 1. The Labute approximate surface area is 215 Å². The number of alkyl halides is 3. The molecular weight excluding hydrogens is 491 g/mol. The first-order valence-corrected chi connectivity index (χ1v) is 12.7. The average Bonchev–Trinajstić information content (AvgIpc) is 3.43. The molecule has 2 aromatic rings. The minimum absolute atomic E-state index is 0.00867. The van der Waals surface area contributed by atoms with Gasteiger partial charge in [-0.25, -0.2) is 4.79 Å². The van der Waals surface area contributed by atoms with E-state index in [0.29, 0.717) is 6.42 Å². The second kappa shape index (κ2) is 12.1. The number of rotatable bonds is 10. The van der Waals surface area contributed by atoms with E-state index in [4.69, 9.17) is 14.0 Å². The number of halogens is 3. The van der Waals surface area contributed by atoms with Crippen LogP contribution in [0, 0.1) is 0 Å². The van der Waals surface area contributed by atoms with Crippen molar-refractivity contribution in [1.29, 1.82) is 0 Å². The third kappa shape index (κ3) is 8.08. The van der Waals surface area contributed by atoms with E-state index in [0.717, 1.165) is 38.2 Å². The van der Waals surface area contributed by atoms with E-state index in [1.807, 2.05) is 0 Å². The SMILES string of the molecule is CCCCCCCCOc1ccc(-c2noc([C@@H]3C[C@H](O)CN3C(=O)OC(C)(C)C)n2)cc1C(F)(F)F. The monoisotopic (exact) mass is 527 g/mol. The maximum absolute atomic E-state index is 13.8. The van der Waals surface area contributed by atoms with E-state index in [-0.39, 0.29) is 42.6 Å². The Hall–Kier alpha value is -2.82. The van der Waals surface area contributed by atoms with Crippen LogP contribution in [0.3, 0.4) is 0 Å². The molecule has 2 atom stereocenters. The van der Waals surface area contributed by atoms with Crippen molar-refractivity contribution >= 4 is 6.09 Å². The maximum Gasteiger partial charge on any atom is 0.419 e. The van der Waals surface area contributed by atoms with Crippen molar-refractivity contribution in [1.82, 2.24) is 15.0 Å². The fourth-order valence-corrected chi connectivity index (χ4v) is 4.14. The summed E-state index contributed by atoms with van der Waals surface area (Å²) < 4.78 is 57.6. The third-order valence-electron chi connectivity index (χ3n) is 5.93. The van der Waals surface area contributed by atoms with Crippen molar-refractivity contribution in [2.45, 2.75) is 96.6 Å². The number of carbonyl (C=O) groups excluding carboxylic acids is 1. The summed E-state index contributed by atoms with van der Waals surface area (Å²) in [6.45, 7) is 7.49. The lowest BCUT2D eigenvalue weighted by molar-refractivity contribution is -0.138. The zero-order valence-electron chi connectivity index (χ0n) is 21.8. The largest absolute Gasteiger partial charge is 0.493 e. The molecule has 0 aliphatic carbocycles. The molecule has 2 heterocycles. The van der Waals surface area contributed by atoms with Crippen LogP contribution in [-0.4, -0.2) is 51.1 Å². The molecule has 0 unspecified atom stereocenters. The van der Waals surface area contributed by atoms with Gasteiger partial charge in [-0.15, -0.1) is 0 Å². The number of ether oxygens (including phenoxy) is 2. The lowest BCUT2D eigenvalue weighted by Crippen LogP contribution is -2.37. The topological polar surface area (TPSA) is 97.9 Å². The Bertz CT molecular complexity index is 1040. The maximum atomic E-state index is 13.8. The predicted octanol–water partition coefficient (Wildman–Crippen LogP) is 6.54. The van der Waals surface area contributed by atoms with Gasteiger partial charge in [-0.05, 0) is 45.4 Å². The third-order valence-corrected chi connectivity index (χ3v) is 5.93. The molecule has 1 N–H and O–H groups in total. The smallest absolute Gasteiger partial charge is 0.419 e. The van der Waals surface area contributed by atoms with E-state index in [1.54, 1.807) is 20.8 Å². The van der Waals surface area contributed by atoms with Crippen LogP contribution in [-0.2, 0) is 10.9 Å². The van der Waals surface area contributed by atoms with Crippen molar-refractivity contribution in [3.8, 4) is 17.1 Å². The normalized spacial score (nSPS) is 18.3. The van der Waals surface area contributed by atoms with Gasteiger partial charge >= 0.3 is 12.3 Å². The molecule has 37 heavy (non-hydrogen) atoms. The molecule has 206 valence electrons. The highest BCUT2D eigenvalue weighted by Gasteiger charge is 2.41. The summed E-state index contributed by atoms with van der Waals surface area (Å²) in [5.41, 5.74) is -1.58. The summed E-state index contributed by atoms with van der Waals surface area (Å²) >= 11 is 0. The molecule has 1 amide bonds. The summed E-state index contributed by atoms with van der Waals surface area (Å²) in [5.74, 6) is -0.300. The number of hydrogen-bond acceptors (Lipinski definition) is 7. The molecule has 1 aromatic carbocycles. The predicted molar refractivity (Wildman–Crippen MR) is 130 cm³/mol. The number of benzene rings is 1. The summed E-state index contributed by atoms with van der Waals surface area (Å²) in [4.78, 5) is 18.1. The first kappa shape index (κ1) is 28.7. The van der Waals surface area contributed by atoms with Crippen LogP contribution in [0.1, 0.15) is 90.1 Å². The van der Waals surface area contributed by atoms with Gasteiger partial charge in [0.2, 0.25) is 11.7 Å². The Morgan fingerprint density at radius 2 is 1.86 bits per heavy atom. The highest BCUT2D eigenvalue weighted by atomic mass is 19.4. The van der Waals surface area contributed by atoms with E-state index >= 15 is 0 Å². The molecule has 1 aromatic heterocycles. The van der Waals surface area contributed by atoms with Crippen LogP contribution in [0.25, 0.3) is 11.4 Å². The molecule has 1 fully saturated rings. The highest BCUT2D eigenvalue weighted by molar-refractivity contribution is 5.69. The molecule has 0 bridgehead atoms. The first-order chi connectivity index (χ1) is 17.4. The van der Waals surface area contributed by atoms with Gasteiger partial charge in [0.05, 0.1) is 24.8 Å². The van der Waals surface area contributed by atoms with Crippen LogP contribution in [0.4, 0.5) is 18.0 Å². The van der Waals surface area contributed by atoms with Gasteiger partial charge in [-0.1, -0.05) is 44.2 Å². The molecular formula is C26H36F3N3O5. The Kier molecular flexibility index (Phi) is 9.44. The van der Waals surface area contributed by atoms with Crippen molar-refractivity contribution in [3.05, 3.63) is 29.7 Å². The molecule has 0 saturated carbocycles. The number of unbranched alkanes of at least 4 members (excludes halogenated alkanes) is 5. The van der Waals surface area contributed by atoms with Crippen molar-refractivity contribution in [3.63, 3.8) is 0 Å². The number of aromatic nitrogens is 2. The molecule has 0 radical (unpaired) electrons. The zero-order valence-corrected chi connectivity index (χ0v) is 21.8. The van der Waals surface area contributed by atoms with Gasteiger partial charge < -0.3 is 19.1 Å². The first-order valence-electron chi connectivity index (χ1n) is 12.7. The molecule has 0 spiro atoms. The second-order valence-corrected chi connectivity index (χ2v) is 10.3. The van der Waals surface area contributed by atoms with E-state index in [2.05, 4.69) is 17.1 Å². The minimum atomic E-state index is -4.64.